The Hall–Kier alpha value is -4.91. The summed E-state index contributed by atoms with van der Waals surface area (Å²) in [7, 11) is 0. The van der Waals surface area contributed by atoms with E-state index in [0.29, 0.717) is 28.5 Å². The summed E-state index contributed by atoms with van der Waals surface area (Å²) in [5, 5.41) is 1.77. The van der Waals surface area contributed by atoms with E-state index >= 15 is 0 Å². The first-order valence-electron chi connectivity index (χ1n) is 13.3. The fourth-order valence-corrected chi connectivity index (χ4v) is 6.68. The van der Waals surface area contributed by atoms with Gasteiger partial charge in [-0.25, -0.2) is 4.90 Å². The highest BCUT2D eigenvalue weighted by atomic mass is 16.7. The fraction of sp³-hybridized carbons (Fsp3) is 0.182. The number of aryl methyl sites for hydroxylation is 1. The number of benzene rings is 4. The zero-order valence-electron chi connectivity index (χ0n) is 21.5. The quantitative estimate of drug-likeness (QED) is 0.197. The second-order valence-electron chi connectivity index (χ2n) is 10.7. The van der Waals surface area contributed by atoms with Crippen LogP contribution in [0, 0.1) is 24.7 Å². The first-order chi connectivity index (χ1) is 19.5. The van der Waals surface area contributed by atoms with E-state index < -0.39 is 29.6 Å². The number of anilines is 1. The molecule has 3 heterocycles. The predicted octanol–water partition coefficient (Wildman–Crippen LogP) is 5.40. The highest BCUT2D eigenvalue weighted by Gasteiger charge is 2.60. The summed E-state index contributed by atoms with van der Waals surface area (Å²) >= 11 is 0. The molecule has 3 aliphatic heterocycles. The molecule has 1 aliphatic carbocycles. The zero-order chi connectivity index (χ0) is 27.1. The molecule has 8 rings (SSSR count). The van der Waals surface area contributed by atoms with Gasteiger partial charge >= 0.3 is 5.97 Å². The molecule has 0 radical (unpaired) electrons. The maximum atomic E-state index is 14.1. The van der Waals surface area contributed by atoms with Gasteiger partial charge in [0.15, 0.2) is 11.5 Å². The van der Waals surface area contributed by atoms with Gasteiger partial charge in [-0.1, -0.05) is 66.2 Å². The fourth-order valence-electron chi connectivity index (χ4n) is 6.68. The number of amides is 2. The Bertz CT molecular complexity index is 1810. The first kappa shape index (κ1) is 23.0. The molecule has 40 heavy (non-hydrogen) atoms. The summed E-state index contributed by atoms with van der Waals surface area (Å²) in [6, 6.07) is 24.5. The van der Waals surface area contributed by atoms with Crippen LogP contribution in [-0.2, 0) is 14.4 Å². The van der Waals surface area contributed by atoms with Crippen molar-refractivity contribution in [3.05, 3.63) is 102 Å². The molecular formula is C33H23NO6. The van der Waals surface area contributed by atoms with E-state index in [1.807, 2.05) is 79.7 Å². The Morgan fingerprint density at radius 1 is 0.800 bits per heavy atom. The van der Waals surface area contributed by atoms with Crippen LogP contribution in [0.3, 0.4) is 0 Å². The van der Waals surface area contributed by atoms with E-state index in [4.69, 9.17) is 14.2 Å². The number of allylic oxidation sites excluding steroid dienone is 1. The topological polar surface area (TPSA) is 82.1 Å². The van der Waals surface area contributed by atoms with Crippen LogP contribution in [0.1, 0.15) is 22.6 Å². The average molecular weight is 530 g/mol. The van der Waals surface area contributed by atoms with Gasteiger partial charge in [0.25, 0.3) is 0 Å². The van der Waals surface area contributed by atoms with Gasteiger partial charge in [-0.15, -0.1) is 0 Å². The lowest BCUT2D eigenvalue weighted by Crippen LogP contribution is -2.42. The largest absolute Gasteiger partial charge is 0.454 e. The Morgan fingerprint density at radius 3 is 2.42 bits per heavy atom. The van der Waals surface area contributed by atoms with Crippen LogP contribution >= 0.6 is 0 Å². The van der Waals surface area contributed by atoms with Crippen molar-refractivity contribution in [1.82, 2.24) is 0 Å². The maximum absolute atomic E-state index is 14.1. The Labute approximate surface area is 229 Å². The van der Waals surface area contributed by atoms with Crippen molar-refractivity contribution >= 4 is 39.8 Å². The lowest BCUT2D eigenvalue weighted by Gasteiger charge is -2.38. The number of carbonyl (C=O) groups excluding carboxylic acids is 3. The number of esters is 1. The molecule has 4 aliphatic rings. The standard InChI is InChI=1S/C33H23NO6/c1-17-6-10-20(11-7-17)34-31(35)27-23(19-9-13-25-26(14-19)39-16-38-25)15-24-22-12-8-18-4-2-3-5-21(18)30(22)40-33(37)28(24)29(27)32(34)36/h2-15,23,27-29H,16H2,1H3/t23-,27-,28-,29+/m1/s1. The van der Waals surface area contributed by atoms with E-state index in [2.05, 4.69) is 0 Å². The highest BCUT2D eigenvalue weighted by molar-refractivity contribution is 6.24. The van der Waals surface area contributed by atoms with Crippen LogP contribution < -0.4 is 19.1 Å². The Balaban J connectivity index is 1.34. The van der Waals surface area contributed by atoms with Gasteiger partial charge in [0.2, 0.25) is 18.6 Å². The zero-order valence-corrected chi connectivity index (χ0v) is 21.5. The molecule has 1 fully saturated rings. The molecule has 7 heteroatoms. The van der Waals surface area contributed by atoms with Gasteiger partial charge in [-0.3, -0.25) is 14.4 Å². The smallest absolute Gasteiger partial charge is 0.319 e. The summed E-state index contributed by atoms with van der Waals surface area (Å²) in [6.07, 6.45) is 1.99. The third-order valence-electron chi connectivity index (χ3n) is 8.56. The second kappa shape index (κ2) is 8.29. The number of hydrogen-bond donors (Lipinski definition) is 0. The first-order valence-corrected chi connectivity index (χ1v) is 13.3. The van der Waals surface area contributed by atoms with Crippen LogP contribution in [0.4, 0.5) is 5.69 Å². The lowest BCUT2D eigenvalue weighted by molar-refractivity contribution is -0.142. The van der Waals surface area contributed by atoms with Gasteiger partial charge in [0.1, 0.15) is 5.75 Å². The third-order valence-corrected chi connectivity index (χ3v) is 8.56. The van der Waals surface area contributed by atoms with Gasteiger partial charge in [0, 0.05) is 16.9 Å². The van der Waals surface area contributed by atoms with Crippen molar-refractivity contribution < 1.29 is 28.6 Å². The minimum absolute atomic E-state index is 0.129. The van der Waals surface area contributed by atoms with Crippen molar-refractivity contribution in [2.24, 2.45) is 17.8 Å². The molecule has 4 aromatic carbocycles. The van der Waals surface area contributed by atoms with Crippen LogP contribution in [-0.4, -0.2) is 24.6 Å². The summed E-state index contributed by atoms with van der Waals surface area (Å²) in [4.78, 5) is 43.2. The van der Waals surface area contributed by atoms with E-state index in [1.54, 1.807) is 12.1 Å². The molecule has 0 spiro atoms. The normalized spacial score (nSPS) is 24.4. The van der Waals surface area contributed by atoms with Crippen LogP contribution in [0.2, 0.25) is 0 Å². The number of carbonyl (C=O) groups is 3. The van der Waals surface area contributed by atoms with Gasteiger partial charge in [0.05, 0.1) is 23.4 Å². The number of imide groups is 1. The minimum atomic E-state index is -0.906. The number of rotatable bonds is 2. The number of ether oxygens (including phenoxy) is 3. The maximum Gasteiger partial charge on any atom is 0.319 e. The Kier molecular flexibility index (Phi) is 4.77. The molecule has 196 valence electrons. The molecule has 0 aromatic heterocycles. The molecular weight excluding hydrogens is 506 g/mol. The predicted molar refractivity (Wildman–Crippen MR) is 147 cm³/mol. The molecule has 7 nitrogen and oxygen atoms in total. The van der Waals surface area contributed by atoms with Crippen molar-refractivity contribution in [3.8, 4) is 17.2 Å². The number of fused-ring (bicyclic) bond motifs is 8. The van der Waals surface area contributed by atoms with E-state index in [-0.39, 0.29) is 18.6 Å². The molecule has 0 N–H and O–H groups in total. The molecule has 2 amide bonds. The van der Waals surface area contributed by atoms with Gasteiger partial charge < -0.3 is 14.2 Å². The van der Waals surface area contributed by atoms with E-state index in [1.165, 1.54) is 4.90 Å². The SMILES string of the molecule is Cc1ccc(N2C(=O)[C@@H]3[C@@H]4C(=O)Oc5c(ccc6ccccc56)C4=C[C@H](c4ccc5c(c4)OCO5)[C@H]3C2=O)cc1. The molecule has 0 unspecified atom stereocenters. The number of nitrogens with zero attached hydrogens (tertiary/aromatic N) is 1. The van der Waals surface area contributed by atoms with E-state index in [9.17, 15) is 14.4 Å². The van der Waals surface area contributed by atoms with Crippen molar-refractivity contribution in [2.45, 2.75) is 12.8 Å². The van der Waals surface area contributed by atoms with Crippen molar-refractivity contribution in [3.63, 3.8) is 0 Å². The van der Waals surface area contributed by atoms with Gasteiger partial charge in [-0.05, 0) is 47.7 Å². The summed E-state index contributed by atoms with van der Waals surface area (Å²) in [5.74, 6) is -2.56. The van der Waals surface area contributed by atoms with Crippen molar-refractivity contribution in [2.75, 3.05) is 11.7 Å². The minimum Gasteiger partial charge on any atom is -0.454 e. The summed E-state index contributed by atoms with van der Waals surface area (Å²) in [5.41, 5.74) is 3.81. The van der Waals surface area contributed by atoms with Crippen LogP contribution in [0.15, 0.2) is 84.9 Å². The van der Waals surface area contributed by atoms with Crippen molar-refractivity contribution in [1.29, 1.82) is 0 Å². The molecule has 4 aromatic rings. The van der Waals surface area contributed by atoms with Crippen LogP contribution in [0.5, 0.6) is 17.2 Å². The summed E-state index contributed by atoms with van der Waals surface area (Å²) < 4.78 is 17.1. The summed E-state index contributed by atoms with van der Waals surface area (Å²) in [6.45, 7) is 2.08. The third kappa shape index (κ3) is 3.14. The lowest BCUT2D eigenvalue weighted by atomic mass is 9.64. The molecule has 1 saturated heterocycles. The Morgan fingerprint density at radius 2 is 1.57 bits per heavy atom. The number of hydrogen-bond acceptors (Lipinski definition) is 6. The van der Waals surface area contributed by atoms with Gasteiger partial charge in [-0.2, -0.15) is 0 Å². The highest BCUT2D eigenvalue weighted by Crippen LogP contribution is 2.56. The molecule has 0 bridgehead atoms. The second-order valence-corrected chi connectivity index (χ2v) is 10.7. The van der Waals surface area contributed by atoms with E-state index in [0.717, 1.165) is 27.5 Å². The molecule has 0 saturated carbocycles. The van der Waals surface area contributed by atoms with Crippen LogP contribution in [0.25, 0.3) is 16.3 Å². The molecule has 4 atom stereocenters. The average Bonchev–Trinajstić information content (AvgIpc) is 3.55. The monoisotopic (exact) mass is 529 g/mol.